The number of fused-ring (bicyclic) bond motifs is 6. The van der Waals surface area contributed by atoms with Crippen molar-refractivity contribution < 1.29 is 33.9 Å². The van der Waals surface area contributed by atoms with Crippen LogP contribution in [0.15, 0.2) is 54.6 Å². The first kappa shape index (κ1) is 20.8. The number of benzene rings is 3. The summed E-state index contributed by atoms with van der Waals surface area (Å²) >= 11 is 0. The van der Waals surface area contributed by atoms with Crippen LogP contribution in [-0.4, -0.2) is 40.3 Å². The molecule has 1 heterocycles. The van der Waals surface area contributed by atoms with Gasteiger partial charge in [-0.3, -0.25) is 14.4 Å². The summed E-state index contributed by atoms with van der Waals surface area (Å²) in [5.74, 6) is -2.17. The molecule has 2 aliphatic carbocycles. The molecule has 3 aromatic carbocycles. The summed E-state index contributed by atoms with van der Waals surface area (Å²) in [6.45, 7) is 1.41. The van der Waals surface area contributed by atoms with E-state index in [9.17, 15) is 24.6 Å². The molecule has 6 rings (SSSR count). The normalized spacial score (nSPS) is 22.6. The van der Waals surface area contributed by atoms with Crippen molar-refractivity contribution in [1.29, 1.82) is 0 Å². The Hall–Kier alpha value is -3.75. The maximum absolute atomic E-state index is 13.3. The first-order chi connectivity index (χ1) is 16.3. The number of phenolic OH excluding ortho intramolecular Hbond substituents is 2. The first-order valence-electron chi connectivity index (χ1n) is 11.0. The lowest BCUT2D eigenvalue weighted by molar-refractivity contribution is -0.144. The second kappa shape index (κ2) is 7.12. The molecule has 0 saturated carbocycles. The fraction of sp³-hybridized carbons (Fsp3) is 0.192. The van der Waals surface area contributed by atoms with E-state index in [1.54, 1.807) is 12.1 Å². The summed E-state index contributed by atoms with van der Waals surface area (Å²) in [4.78, 5) is 39.4. The molecule has 34 heavy (non-hydrogen) atoms. The lowest BCUT2D eigenvalue weighted by Gasteiger charge is -2.47. The third kappa shape index (κ3) is 2.69. The SMILES string of the molecule is CC(=O)[C@@]12Cc3c(O)c4c(c(O)c3[C@@H](C1)OB(c1ccccc1)O2)C(=O)c1ccccc1C4=O. The van der Waals surface area contributed by atoms with Crippen molar-refractivity contribution >= 4 is 29.9 Å². The minimum atomic E-state index is -1.31. The Morgan fingerprint density at radius 2 is 1.53 bits per heavy atom. The summed E-state index contributed by atoms with van der Waals surface area (Å²) in [7, 11) is -0.882. The molecule has 2 N–H and O–H groups in total. The van der Waals surface area contributed by atoms with Gasteiger partial charge in [-0.15, -0.1) is 0 Å². The molecule has 8 heteroatoms. The van der Waals surface area contributed by atoms with Gasteiger partial charge in [-0.25, -0.2) is 0 Å². The summed E-state index contributed by atoms with van der Waals surface area (Å²) < 4.78 is 12.3. The minimum absolute atomic E-state index is 0.0589. The highest BCUT2D eigenvalue weighted by Crippen LogP contribution is 2.53. The predicted molar refractivity (Wildman–Crippen MR) is 122 cm³/mol. The number of hydrogen-bond donors (Lipinski definition) is 2. The van der Waals surface area contributed by atoms with Gasteiger partial charge >= 0.3 is 7.12 Å². The van der Waals surface area contributed by atoms with Crippen LogP contribution in [0.25, 0.3) is 0 Å². The average molecular weight is 454 g/mol. The van der Waals surface area contributed by atoms with Crippen LogP contribution in [-0.2, 0) is 20.5 Å². The highest BCUT2D eigenvalue weighted by Gasteiger charge is 2.55. The third-order valence-corrected chi connectivity index (χ3v) is 7.09. The van der Waals surface area contributed by atoms with Gasteiger partial charge in [0.2, 0.25) is 0 Å². The van der Waals surface area contributed by atoms with Crippen molar-refractivity contribution in [1.82, 2.24) is 0 Å². The Bertz CT molecular complexity index is 1410. The molecular weight excluding hydrogens is 435 g/mol. The van der Waals surface area contributed by atoms with Gasteiger partial charge in [0, 0.05) is 35.1 Å². The largest absolute Gasteiger partial charge is 0.507 e. The molecule has 7 nitrogen and oxygen atoms in total. The van der Waals surface area contributed by atoms with Crippen molar-refractivity contribution in [3.63, 3.8) is 0 Å². The van der Waals surface area contributed by atoms with Crippen LogP contribution in [0.5, 0.6) is 11.5 Å². The molecule has 2 bridgehead atoms. The number of ketones is 3. The monoisotopic (exact) mass is 454 g/mol. The van der Waals surface area contributed by atoms with Crippen LogP contribution in [0.2, 0.25) is 0 Å². The zero-order chi connectivity index (χ0) is 23.8. The quantitative estimate of drug-likeness (QED) is 0.354. The number of rotatable bonds is 2. The molecule has 2 atom stereocenters. The lowest BCUT2D eigenvalue weighted by Crippen LogP contribution is -2.58. The molecule has 1 saturated heterocycles. The highest BCUT2D eigenvalue weighted by atomic mass is 16.6. The summed E-state index contributed by atoms with van der Waals surface area (Å²) in [5, 5.41) is 22.6. The van der Waals surface area contributed by atoms with Gasteiger partial charge in [0.25, 0.3) is 0 Å². The lowest BCUT2D eigenvalue weighted by atomic mass is 9.66. The van der Waals surface area contributed by atoms with E-state index in [1.807, 2.05) is 30.3 Å². The average Bonchev–Trinajstić information content (AvgIpc) is 2.84. The maximum atomic E-state index is 13.3. The second-order valence-corrected chi connectivity index (χ2v) is 8.96. The zero-order valence-electron chi connectivity index (χ0n) is 18.2. The fourth-order valence-electron chi connectivity index (χ4n) is 5.36. The number of hydrogen-bond acceptors (Lipinski definition) is 7. The molecule has 1 aliphatic heterocycles. The summed E-state index contributed by atoms with van der Waals surface area (Å²) in [5.41, 5.74) is -0.369. The molecule has 3 aliphatic rings. The van der Waals surface area contributed by atoms with Crippen molar-refractivity contribution in [2.75, 3.05) is 0 Å². The number of Topliss-reactive ketones (excluding diaryl/α,β-unsaturated/α-hetero) is 1. The van der Waals surface area contributed by atoms with Crippen molar-refractivity contribution in [2.45, 2.75) is 31.5 Å². The van der Waals surface area contributed by atoms with Crippen molar-refractivity contribution in [2.24, 2.45) is 0 Å². The van der Waals surface area contributed by atoms with Crippen LogP contribution >= 0.6 is 0 Å². The first-order valence-corrected chi connectivity index (χ1v) is 11.0. The Kier molecular flexibility index (Phi) is 4.37. The Morgan fingerprint density at radius 1 is 0.941 bits per heavy atom. The topological polar surface area (TPSA) is 110 Å². The molecule has 168 valence electrons. The van der Waals surface area contributed by atoms with Crippen LogP contribution in [0.4, 0.5) is 0 Å². The standard InChI is InChI=1S/C26H19BO7/c1-13(28)26-11-17-19(18(12-26)33-27(34-26)14-7-3-2-4-8-14)25(32)21-20(24(17)31)22(29)15-9-5-6-10-16(15)23(21)30/h2-10,18,31-32H,11-12H2,1H3/t18-,26-/m1/s1. The van der Waals surface area contributed by atoms with E-state index in [4.69, 9.17) is 9.31 Å². The van der Waals surface area contributed by atoms with E-state index >= 15 is 0 Å². The van der Waals surface area contributed by atoms with Crippen LogP contribution in [0.3, 0.4) is 0 Å². The van der Waals surface area contributed by atoms with Crippen LogP contribution in [0, 0.1) is 0 Å². The Labute approximate surface area is 195 Å². The van der Waals surface area contributed by atoms with Gasteiger partial charge in [0.05, 0.1) is 17.2 Å². The molecule has 0 aromatic heterocycles. The molecule has 3 aromatic rings. The summed E-state index contributed by atoms with van der Waals surface area (Å²) in [6.07, 6.45) is -0.775. The van der Waals surface area contributed by atoms with Gasteiger partial charge in [-0.2, -0.15) is 0 Å². The highest BCUT2D eigenvalue weighted by molar-refractivity contribution is 6.61. The molecule has 0 unspecified atom stereocenters. The maximum Gasteiger partial charge on any atom is 0.495 e. The van der Waals surface area contributed by atoms with Gasteiger partial charge in [0.1, 0.15) is 17.1 Å². The number of aromatic hydroxyl groups is 2. The fourth-order valence-corrected chi connectivity index (χ4v) is 5.36. The Morgan fingerprint density at radius 3 is 2.15 bits per heavy atom. The van der Waals surface area contributed by atoms with Gasteiger partial charge < -0.3 is 19.5 Å². The van der Waals surface area contributed by atoms with Crippen molar-refractivity contribution in [3.05, 3.63) is 88.0 Å². The van der Waals surface area contributed by atoms with E-state index < -0.39 is 41.9 Å². The molecule has 0 radical (unpaired) electrons. The predicted octanol–water partition coefficient (Wildman–Crippen LogP) is 2.63. The van der Waals surface area contributed by atoms with E-state index in [1.165, 1.54) is 19.1 Å². The smallest absolute Gasteiger partial charge is 0.495 e. The van der Waals surface area contributed by atoms with Gasteiger partial charge in [-0.05, 0) is 12.4 Å². The van der Waals surface area contributed by atoms with Crippen LogP contribution < -0.4 is 5.46 Å². The van der Waals surface area contributed by atoms with E-state index in [2.05, 4.69) is 0 Å². The molecule has 0 spiro atoms. The molecular formula is C26H19BO7. The van der Waals surface area contributed by atoms with Crippen LogP contribution in [0.1, 0.15) is 62.4 Å². The second-order valence-electron chi connectivity index (χ2n) is 8.96. The van der Waals surface area contributed by atoms with E-state index in [0.29, 0.717) is 5.46 Å². The van der Waals surface area contributed by atoms with E-state index in [0.717, 1.165) is 0 Å². The molecule has 0 amide bonds. The summed E-state index contributed by atoms with van der Waals surface area (Å²) in [6, 6.07) is 15.4. The van der Waals surface area contributed by atoms with Crippen molar-refractivity contribution in [3.8, 4) is 11.5 Å². The minimum Gasteiger partial charge on any atom is -0.507 e. The number of carbonyl (C=O) groups excluding carboxylic acids is 3. The number of carbonyl (C=O) groups is 3. The van der Waals surface area contributed by atoms with E-state index in [-0.39, 0.29) is 52.0 Å². The molecule has 1 fully saturated rings. The van der Waals surface area contributed by atoms with Gasteiger partial charge in [0.15, 0.2) is 17.3 Å². The zero-order valence-corrected chi connectivity index (χ0v) is 18.2. The Balaban J connectivity index is 1.57. The van der Waals surface area contributed by atoms with Gasteiger partial charge in [-0.1, -0.05) is 54.6 Å². The third-order valence-electron chi connectivity index (χ3n) is 7.09. The number of phenols is 2.